The Bertz CT molecular complexity index is 332. The molecule has 0 saturated heterocycles. The Morgan fingerprint density at radius 2 is 1.92 bits per heavy atom. The van der Waals surface area contributed by atoms with Crippen LogP contribution >= 0.6 is 0 Å². The Labute approximate surface area is 77.8 Å². The maximum atomic E-state index is 10.8. The maximum Gasteiger partial charge on any atom is 0.0965 e. The van der Waals surface area contributed by atoms with Gasteiger partial charge in [0.25, 0.3) is 0 Å². The molecule has 2 nitrogen and oxygen atoms in total. The van der Waals surface area contributed by atoms with Crippen LogP contribution in [0.25, 0.3) is 5.57 Å². The minimum absolute atomic E-state index is 0.443. The van der Waals surface area contributed by atoms with Crippen LogP contribution in [0.5, 0.6) is 0 Å². The van der Waals surface area contributed by atoms with E-state index >= 15 is 0 Å². The first-order chi connectivity index (χ1) is 6.24. The molecule has 0 fully saturated rings. The molecular weight excluding hydrogens is 164 g/mol. The van der Waals surface area contributed by atoms with Crippen molar-refractivity contribution in [2.75, 3.05) is 7.11 Å². The van der Waals surface area contributed by atoms with E-state index in [1.165, 1.54) is 7.11 Å². The molecule has 2 heteroatoms. The first kappa shape index (κ1) is 9.43. The second-order valence-electron chi connectivity index (χ2n) is 2.61. The van der Waals surface area contributed by atoms with Gasteiger partial charge >= 0.3 is 0 Å². The van der Waals surface area contributed by atoms with E-state index in [2.05, 4.69) is 10.5 Å². The molecule has 1 rings (SSSR count). The Kier molecular flexibility index (Phi) is 3.18. The second kappa shape index (κ2) is 4.39. The Morgan fingerprint density at radius 1 is 1.31 bits per heavy atom. The van der Waals surface area contributed by atoms with Crippen LogP contribution in [0.2, 0.25) is 0 Å². The minimum atomic E-state index is -0.443. The third kappa shape index (κ3) is 2.69. The van der Waals surface area contributed by atoms with Gasteiger partial charge in [0.1, 0.15) is 0 Å². The fraction of sp³-hybridized carbons (Fsp3) is 0.182. The molecule has 0 amide bonds. The zero-order chi connectivity index (χ0) is 9.68. The summed E-state index contributed by atoms with van der Waals surface area (Å²) < 4.78 is 4.47. The number of allylic oxidation sites excluding steroid dienone is 1. The van der Waals surface area contributed by atoms with Gasteiger partial charge in [-0.05, 0) is 25.2 Å². The highest BCUT2D eigenvalue weighted by Crippen LogP contribution is 2.11. The summed E-state index contributed by atoms with van der Waals surface area (Å²) in [5.74, 6) is -0.443. The first-order valence-electron chi connectivity index (χ1n) is 3.98. The molecular formula is C11H11O2-. The number of hydrogen-bond donors (Lipinski definition) is 0. The van der Waals surface area contributed by atoms with E-state index in [-0.39, 0.29) is 0 Å². The van der Waals surface area contributed by atoms with Crippen molar-refractivity contribution in [1.82, 2.24) is 0 Å². The van der Waals surface area contributed by atoms with E-state index in [1.807, 2.05) is 37.3 Å². The summed E-state index contributed by atoms with van der Waals surface area (Å²) in [6, 6.07) is 9.60. The fourth-order valence-corrected chi connectivity index (χ4v) is 0.964. The van der Waals surface area contributed by atoms with E-state index in [4.69, 9.17) is 0 Å². The van der Waals surface area contributed by atoms with Crippen LogP contribution in [0.15, 0.2) is 42.0 Å². The van der Waals surface area contributed by atoms with Crippen LogP contribution in [0.4, 0.5) is 0 Å². The van der Waals surface area contributed by atoms with Crippen LogP contribution in [-0.4, -0.2) is 7.11 Å². The molecule has 0 spiro atoms. The molecule has 0 saturated carbocycles. The van der Waals surface area contributed by atoms with Gasteiger partial charge in [-0.1, -0.05) is 36.1 Å². The summed E-state index contributed by atoms with van der Waals surface area (Å²) in [5.41, 5.74) is 4.37. The van der Waals surface area contributed by atoms with E-state index in [1.54, 1.807) is 0 Å². The van der Waals surface area contributed by atoms with E-state index in [0.717, 1.165) is 11.1 Å². The summed E-state index contributed by atoms with van der Waals surface area (Å²) in [5, 5.41) is 10.8. The Balaban J connectivity index is 3.05. The van der Waals surface area contributed by atoms with Crippen LogP contribution in [0.3, 0.4) is 0 Å². The first-order valence-corrected chi connectivity index (χ1v) is 3.98. The largest absolute Gasteiger partial charge is 0.611 e. The van der Waals surface area contributed by atoms with Gasteiger partial charge in [-0.15, -0.1) is 0 Å². The molecule has 0 aliphatic carbocycles. The monoisotopic (exact) mass is 175 g/mol. The standard InChI is InChI=1S/C11H12O2/c1-9(8-11(12)13-2)10-6-4-3-5-7-10/h3-7,12H,1-2H3/p-1. The topological polar surface area (TPSA) is 32.3 Å². The highest BCUT2D eigenvalue weighted by atomic mass is 16.6. The fourth-order valence-electron chi connectivity index (χ4n) is 0.964. The van der Waals surface area contributed by atoms with E-state index in [9.17, 15) is 5.11 Å². The molecule has 0 aliphatic rings. The number of ether oxygens (including phenoxy) is 1. The third-order valence-corrected chi connectivity index (χ3v) is 1.68. The molecule has 1 aromatic carbocycles. The van der Waals surface area contributed by atoms with Gasteiger partial charge in [0.15, 0.2) is 0 Å². The molecule has 13 heavy (non-hydrogen) atoms. The quantitative estimate of drug-likeness (QED) is 0.504. The van der Waals surface area contributed by atoms with E-state index in [0.29, 0.717) is 0 Å². The van der Waals surface area contributed by atoms with Gasteiger partial charge in [-0.25, -0.2) is 0 Å². The minimum Gasteiger partial charge on any atom is -0.611 e. The van der Waals surface area contributed by atoms with Gasteiger partial charge in [0.05, 0.1) is 5.95 Å². The third-order valence-electron chi connectivity index (χ3n) is 1.68. The molecule has 0 bridgehead atoms. The Morgan fingerprint density at radius 3 is 2.46 bits per heavy atom. The lowest BCUT2D eigenvalue weighted by atomic mass is 10.1. The predicted molar refractivity (Wildman–Crippen MR) is 49.6 cm³/mol. The highest BCUT2D eigenvalue weighted by Gasteiger charge is 1.90. The molecule has 0 heterocycles. The summed E-state index contributed by atoms with van der Waals surface area (Å²) in [7, 11) is 1.34. The van der Waals surface area contributed by atoms with Gasteiger partial charge < -0.3 is 9.84 Å². The molecule has 0 aromatic heterocycles. The molecule has 0 aliphatic heterocycles. The molecule has 1 aromatic rings. The molecule has 0 N–H and O–H groups in total. The van der Waals surface area contributed by atoms with Crippen molar-refractivity contribution in [2.45, 2.75) is 6.92 Å². The smallest absolute Gasteiger partial charge is 0.0965 e. The predicted octanol–water partition coefficient (Wildman–Crippen LogP) is 1.54. The summed E-state index contributed by atoms with van der Waals surface area (Å²) in [6.45, 7) is 1.83. The van der Waals surface area contributed by atoms with Crippen molar-refractivity contribution in [2.24, 2.45) is 0 Å². The Hall–Kier alpha value is -1.66. The number of benzene rings is 1. The maximum absolute atomic E-state index is 10.8. The zero-order valence-corrected chi connectivity index (χ0v) is 7.70. The van der Waals surface area contributed by atoms with Gasteiger partial charge in [0.2, 0.25) is 0 Å². The normalized spacial score (nSPS) is 8.77. The van der Waals surface area contributed by atoms with Crippen molar-refractivity contribution < 1.29 is 9.84 Å². The van der Waals surface area contributed by atoms with Gasteiger partial charge in [-0.3, -0.25) is 0 Å². The molecule has 0 unspecified atom stereocenters. The summed E-state index contributed by atoms with van der Waals surface area (Å²) in [4.78, 5) is 0. The summed E-state index contributed by atoms with van der Waals surface area (Å²) in [6.07, 6.45) is 0. The lowest BCUT2D eigenvalue weighted by molar-refractivity contribution is -0.352. The van der Waals surface area contributed by atoms with Crippen LogP contribution < -0.4 is 5.11 Å². The van der Waals surface area contributed by atoms with Gasteiger partial charge in [0, 0.05) is 0 Å². The lowest BCUT2D eigenvalue weighted by Crippen LogP contribution is -2.03. The van der Waals surface area contributed by atoms with Crippen molar-refractivity contribution in [3.63, 3.8) is 0 Å². The van der Waals surface area contributed by atoms with Crippen molar-refractivity contribution in [3.05, 3.63) is 47.6 Å². The average Bonchev–Trinajstić information content (AvgIpc) is 2.19. The molecule has 0 atom stereocenters. The highest BCUT2D eigenvalue weighted by molar-refractivity contribution is 5.62. The SMILES string of the molecule is COC([O-])=C=C(C)c1ccccc1. The molecule has 68 valence electrons. The zero-order valence-electron chi connectivity index (χ0n) is 7.70. The van der Waals surface area contributed by atoms with Crippen LogP contribution in [-0.2, 0) is 4.74 Å². The second-order valence-corrected chi connectivity index (χ2v) is 2.61. The average molecular weight is 175 g/mol. The van der Waals surface area contributed by atoms with Crippen LogP contribution in [0, 0.1) is 0 Å². The van der Waals surface area contributed by atoms with Gasteiger partial charge in [-0.2, -0.15) is 0 Å². The van der Waals surface area contributed by atoms with Crippen LogP contribution in [0.1, 0.15) is 12.5 Å². The number of methoxy groups -OCH3 is 1. The molecule has 0 radical (unpaired) electrons. The number of rotatable bonds is 2. The van der Waals surface area contributed by atoms with Crippen molar-refractivity contribution >= 4 is 5.57 Å². The lowest BCUT2D eigenvalue weighted by Gasteiger charge is -2.04. The van der Waals surface area contributed by atoms with Crippen molar-refractivity contribution in [3.8, 4) is 0 Å². The van der Waals surface area contributed by atoms with E-state index < -0.39 is 5.95 Å². The van der Waals surface area contributed by atoms with Crippen molar-refractivity contribution in [1.29, 1.82) is 0 Å². The number of hydrogen-bond acceptors (Lipinski definition) is 2. The summed E-state index contributed by atoms with van der Waals surface area (Å²) >= 11 is 0.